The lowest BCUT2D eigenvalue weighted by atomic mass is 10.0. The van der Waals surface area contributed by atoms with Crippen LogP contribution in [0.5, 0.6) is 0 Å². The number of carbonyl (C=O) groups is 3. The van der Waals surface area contributed by atoms with Crippen molar-refractivity contribution in [3.63, 3.8) is 0 Å². The summed E-state index contributed by atoms with van der Waals surface area (Å²) in [6, 6.07) is 13.2. The smallest absolute Gasteiger partial charge is 0.407 e. The molecule has 0 saturated heterocycles. The van der Waals surface area contributed by atoms with E-state index in [0.29, 0.717) is 11.4 Å². The zero-order chi connectivity index (χ0) is 23.7. The van der Waals surface area contributed by atoms with Gasteiger partial charge in [-0.1, -0.05) is 48.0 Å². The van der Waals surface area contributed by atoms with Gasteiger partial charge in [0.25, 0.3) is 0 Å². The molecule has 1 atom stereocenters. The van der Waals surface area contributed by atoms with Gasteiger partial charge in [-0.15, -0.1) is 0 Å². The van der Waals surface area contributed by atoms with Gasteiger partial charge in [-0.25, -0.2) is 9.59 Å². The highest BCUT2D eigenvalue weighted by atomic mass is 35.5. The molecule has 2 amide bonds. The van der Waals surface area contributed by atoms with Crippen LogP contribution in [-0.4, -0.2) is 34.7 Å². The van der Waals surface area contributed by atoms with Gasteiger partial charge in [-0.05, 0) is 56.0 Å². The third-order valence-corrected chi connectivity index (χ3v) is 4.80. The second kappa shape index (κ2) is 11.5. The molecule has 7 nitrogen and oxygen atoms in total. The number of amides is 2. The third kappa shape index (κ3) is 8.98. The topological polar surface area (TPSA) is 105 Å². The minimum atomic E-state index is -1.10. The largest absolute Gasteiger partial charge is 0.480 e. The molecule has 0 aliphatic carbocycles. The van der Waals surface area contributed by atoms with Crippen LogP contribution in [0.3, 0.4) is 0 Å². The highest BCUT2D eigenvalue weighted by Gasteiger charge is 2.21. The van der Waals surface area contributed by atoms with Crippen LogP contribution < -0.4 is 10.6 Å². The van der Waals surface area contributed by atoms with E-state index in [1.165, 1.54) is 0 Å². The number of carbonyl (C=O) groups excluding carboxylic acids is 2. The third-order valence-electron chi connectivity index (χ3n) is 4.55. The van der Waals surface area contributed by atoms with Crippen LogP contribution in [-0.2, 0) is 33.7 Å². The summed E-state index contributed by atoms with van der Waals surface area (Å²) in [7, 11) is 0. The van der Waals surface area contributed by atoms with Gasteiger partial charge in [-0.2, -0.15) is 0 Å². The van der Waals surface area contributed by atoms with E-state index in [9.17, 15) is 19.5 Å². The number of alkyl carbamates (subject to hydrolysis) is 1. The Bertz CT molecular complexity index is 938. The molecule has 0 heterocycles. The lowest BCUT2D eigenvalue weighted by molar-refractivity contribution is -0.141. The number of hydrogen-bond donors (Lipinski definition) is 3. The first-order valence-electron chi connectivity index (χ1n) is 10.3. The van der Waals surface area contributed by atoms with E-state index >= 15 is 0 Å². The van der Waals surface area contributed by atoms with Crippen LogP contribution in [0.4, 0.5) is 4.79 Å². The number of halogens is 1. The SMILES string of the molecule is CC(C)(C)OC(=O)NCc1ccccc1CCC(=O)N[C@H](Cc1ccc(Cl)cc1)C(=O)O. The number of aliphatic carboxylic acids is 1. The van der Waals surface area contributed by atoms with Gasteiger partial charge < -0.3 is 20.5 Å². The molecule has 0 radical (unpaired) electrons. The number of ether oxygens (including phenoxy) is 1. The molecule has 0 fully saturated rings. The molecule has 0 saturated carbocycles. The van der Waals surface area contributed by atoms with E-state index in [0.717, 1.165) is 16.7 Å². The molecule has 0 spiro atoms. The summed E-state index contributed by atoms with van der Waals surface area (Å²) in [6.07, 6.45) is 0.171. The summed E-state index contributed by atoms with van der Waals surface area (Å²) in [5.74, 6) is -1.46. The summed E-state index contributed by atoms with van der Waals surface area (Å²) in [5.41, 5.74) is 1.93. The van der Waals surface area contributed by atoms with Crippen molar-refractivity contribution in [3.8, 4) is 0 Å². The predicted octanol–water partition coefficient (Wildman–Crippen LogP) is 4.11. The van der Waals surface area contributed by atoms with E-state index in [2.05, 4.69) is 10.6 Å². The van der Waals surface area contributed by atoms with Crippen molar-refractivity contribution >= 4 is 29.6 Å². The molecule has 32 heavy (non-hydrogen) atoms. The molecular weight excluding hydrogens is 432 g/mol. The van der Waals surface area contributed by atoms with Gasteiger partial charge in [0.05, 0.1) is 0 Å². The minimum absolute atomic E-state index is 0.119. The van der Waals surface area contributed by atoms with Crippen molar-refractivity contribution in [2.45, 2.75) is 58.2 Å². The number of benzene rings is 2. The first-order valence-corrected chi connectivity index (χ1v) is 10.7. The monoisotopic (exact) mass is 460 g/mol. The predicted molar refractivity (Wildman–Crippen MR) is 123 cm³/mol. The maximum atomic E-state index is 12.4. The minimum Gasteiger partial charge on any atom is -0.480 e. The van der Waals surface area contributed by atoms with Crippen molar-refractivity contribution in [3.05, 3.63) is 70.2 Å². The number of rotatable bonds is 9. The molecule has 0 bridgehead atoms. The van der Waals surface area contributed by atoms with Crippen LogP contribution >= 0.6 is 11.6 Å². The summed E-state index contributed by atoms with van der Waals surface area (Å²) >= 11 is 5.86. The Balaban J connectivity index is 1.91. The molecule has 2 rings (SSSR count). The quantitative estimate of drug-likeness (QED) is 0.522. The Labute approximate surface area is 193 Å². The zero-order valence-corrected chi connectivity index (χ0v) is 19.2. The number of hydrogen-bond acceptors (Lipinski definition) is 4. The average molecular weight is 461 g/mol. The summed E-state index contributed by atoms with van der Waals surface area (Å²) in [5, 5.41) is 15.3. The van der Waals surface area contributed by atoms with E-state index < -0.39 is 23.7 Å². The van der Waals surface area contributed by atoms with Crippen molar-refractivity contribution in [2.75, 3.05) is 0 Å². The van der Waals surface area contributed by atoms with Crippen LogP contribution in [0.15, 0.2) is 48.5 Å². The maximum Gasteiger partial charge on any atom is 0.407 e. The Morgan fingerprint density at radius 3 is 2.25 bits per heavy atom. The molecule has 0 unspecified atom stereocenters. The van der Waals surface area contributed by atoms with Gasteiger partial charge >= 0.3 is 12.1 Å². The molecule has 0 aliphatic rings. The average Bonchev–Trinajstić information content (AvgIpc) is 2.71. The highest BCUT2D eigenvalue weighted by Crippen LogP contribution is 2.14. The second-order valence-corrected chi connectivity index (χ2v) is 8.85. The van der Waals surface area contributed by atoms with Crippen molar-refractivity contribution in [1.82, 2.24) is 10.6 Å². The maximum absolute atomic E-state index is 12.4. The van der Waals surface area contributed by atoms with Gasteiger partial charge in [0.1, 0.15) is 11.6 Å². The molecule has 3 N–H and O–H groups in total. The fourth-order valence-electron chi connectivity index (χ4n) is 3.03. The first kappa shape index (κ1) is 25.2. The molecule has 172 valence electrons. The summed E-state index contributed by atoms with van der Waals surface area (Å²) in [6.45, 7) is 5.63. The molecule has 0 aromatic heterocycles. The fourth-order valence-corrected chi connectivity index (χ4v) is 3.15. The Kier molecular flexibility index (Phi) is 9.08. The van der Waals surface area contributed by atoms with Crippen LogP contribution in [0, 0.1) is 0 Å². The van der Waals surface area contributed by atoms with E-state index in [4.69, 9.17) is 16.3 Å². The number of nitrogens with one attached hydrogen (secondary N) is 2. The van der Waals surface area contributed by atoms with E-state index in [1.54, 1.807) is 45.0 Å². The fraction of sp³-hybridized carbons (Fsp3) is 0.375. The molecule has 8 heteroatoms. The number of carboxylic acids is 1. The van der Waals surface area contributed by atoms with Crippen molar-refractivity contribution in [1.29, 1.82) is 0 Å². The van der Waals surface area contributed by atoms with Gasteiger partial charge in [0, 0.05) is 24.4 Å². The van der Waals surface area contributed by atoms with Crippen LogP contribution in [0.1, 0.15) is 43.9 Å². The van der Waals surface area contributed by atoms with Crippen LogP contribution in [0.25, 0.3) is 0 Å². The van der Waals surface area contributed by atoms with Crippen molar-refractivity contribution < 1.29 is 24.2 Å². The van der Waals surface area contributed by atoms with Crippen LogP contribution in [0.2, 0.25) is 5.02 Å². The van der Waals surface area contributed by atoms with Gasteiger partial charge in [0.15, 0.2) is 0 Å². The lowest BCUT2D eigenvalue weighted by Gasteiger charge is -2.20. The highest BCUT2D eigenvalue weighted by molar-refractivity contribution is 6.30. The molecule has 0 aliphatic heterocycles. The van der Waals surface area contributed by atoms with Gasteiger partial charge in [0.2, 0.25) is 5.91 Å². The Morgan fingerprint density at radius 2 is 1.66 bits per heavy atom. The number of carboxylic acid groups (broad SMARTS) is 1. The second-order valence-electron chi connectivity index (χ2n) is 8.41. The zero-order valence-electron chi connectivity index (χ0n) is 18.5. The van der Waals surface area contributed by atoms with E-state index in [-0.39, 0.29) is 25.3 Å². The Hall–Kier alpha value is -3.06. The molecule has 2 aromatic rings. The number of aryl methyl sites for hydroxylation is 1. The van der Waals surface area contributed by atoms with E-state index in [1.807, 2.05) is 24.3 Å². The summed E-state index contributed by atoms with van der Waals surface area (Å²) in [4.78, 5) is 35.9. The standard InChI is InChI=1S/C24H29ClN2O5/c1-24(2,3)32-23(31)26-15-18-7-5-4-6-17(18)10-13-21(28)27-20(22(29)30)14-16-8-11-19(25)12-9-16/h4-9,11-12,20H,10,13-15H2,1-3H3,(H,26,31)(H,27,28)(H,29,30)/t20-/m1/s1. The first-order chi connectivity index (χ1) is 15.0. The molecule has 2 aromatic carbocycles. The normalized spacial score (nSPS) is 12.0. The molecular formula is C24H29ClN2O5. The van der Waals surface area contributed by atoms with Gasteiger partial charge in [-0.3, -0.25) is 4.79 Å². The Morgan fingerprint density at radius 1 is 1.03 bits per heavy atom. The summed E-state index contributed by atoms with van der Waals surface area (Å²) < 4.78 is 5.24. The van der Waals surface area contributed by atoms with Crippen molar-refractivity contribution in [2.24, 2.45) is 0 Å². The lowest BCUT2D eigenvalue weighted by Crippen LogP contribution is -2.42.